The van der Waals surface area contributed by atoms with Crippen molar-refractivity contribution in [1.29, 1.82) is 0 Å². The second-order valence-corrected chi connectivity index (χ2v) is 6.96. The molecule has 1 N–H and O–H groups in total. The molecule has 0 spiro atoms. The number of esters is 1. The maximum absolute atomic E-state index is 12.6. The van der Waals surface area contributed by atoms with E-state index in [1.807, 2.05) is 30.3 Å². The van der Waals surface area contributed by atoms with Crippen molar-refractivity contribution in [2.45, 2.75) is 0 Å². The van der Waals surface area contributed by atoms with Crippen molar-refractivity contribution in [2.24, 2.45) is 5.10 Å². The first kappa shape index (κ1) is 21.4. The van der Waals surface area contributed by atoms with E-state index < -0.39 is 16.8 Å². The third kappa shape index (κ3) is 4.91. The zero-order valence-electron chi connectivity index (χ0n) is 17.2. The van der Waals surface area contributed by atoms with Crippen LogP contribution in [0.2, 0.25) is 0 Å². The molecule has 0 aliphatic carbocycles. The van der Waals surface area contributed by atoms with E-state index in [1.54, 1.807) is 36.4 Å². The maximum Gasteiger partial charge on any atom is 0.343 e. The smallest absolute Gasteiger partial charge is 0.343 e. The summed E-state index contributed by atoms with van der Waals surface area (Å²) < 4.78 is 5.61. The molecule has 162 valence electrons. The van der Waals surface area contributed by atoms with Gasteiger partial charge >= 0.3 is 5.97 Å². The molecule has 33 heavy (non-hydrogen) atoms. The summed E-state index contributed by atoms with van der Waals surface area (Å²) in [5, 5.41) is 16.5. The third-order valence-electron chi connectivity index (χ3n) is 4.84. The molecule has 0 radical (unpaired) electrons. The molecule has 0 aliphatic rings. The van der Waals surface area contributed by atoms with Crippen LogP contribution in [0.5, 0.6) is 5.75 Å². The molecule has 0 atom stereocenters. The SMILES string of the molecule is O=C(N/N=C\c1c(OC(=O)c2ccccc2)ccc2ccccc12)c1ccc([N+](=O)[O-])cc1. The van der Waals surface area contributed by atoms with Crippen molar-refractivity contribution in [2.75, 3.05) is 0 Å². The topological polar surface area (TPSA) is 111 Å². The molecule has 4 aromatic rings. The summed E-state index contributed by atoms with van der Waals surface area (Å²) >= 11 is 0. The third-order valence-corrected chi connectivity index (χ3v) is 4.84. The number of nitro benzene ring substituents is 1. The minimum absolute atomic E-state index is 0.115. The molecule has 4 aromatic carbocycles. The van der Waals surface area contributed by atoms with E-state index in [2.05, 4.69) is 10.5 Å². The summed E-state index contributed by atoms with van der Waals surface area (Å²) in [6.07, 6.45) is 1.40. The van der Waals surface area contributed by atoms with Gasteiger partial charge in [-0.3, -0.25) is 14.9 Å². The fraction of sp³-hybridized carbons (Fsp3) is 0. The predicted molar refractivity (Wildman–Crippen MR) is 124 cm³/mol. The Hall–Kier alpha value is -4.85. The number of amides is 1. The first-order valence-corrected chi connectivity index (χ1v) is 9.90. The lowest BCUT2D eigenvalue weighted by molar-refractivity contribution is -0.384. The average Bonchev–Trinajstić information content (AvgIpc) is 2.85. The molecule has 0 bridgehead atoms. The normalized spacial score (nSPS) is 10.8. The minimum Gasteiger partial charge on any atom is -0.422 e. The fourth-order valence-electron chi connectivity index (χ4n) is 3.19. The van der Waals surface area contributed by atoms with E-state index in [0.29, 0.717) is 11.1 Å². The van der Waals surface area contributed by atoms with Crippen molar-refractivity contribution in [3.63, 3.8) is 0 Å². The summed E-state index contributed by atoms with van der Waals surface area (Å²) in [6, 6.07) is 24.8. The van der Waals surface area contributed by atoms with Crippen LogP contribution < -0.4 is 10.2 Å². The lowest BCUT2D eigenvalue weighted by Gasteiger charge is -2.10. The van der Waals surface area contributed by atoms with Gasteiger partial charge in [0.2, 0.25) is 0 Å². The molecule has 0 aromatic heterocycles. The molecular weight excluding hydrogens is 422 g/mol. The number of benzene rings is 4. The number of hydrazone groups is 1. The Kier molecular flexibility index (Phi) is 6.17. The largest absolute Gasteiger partial charge is 0.422 e. The number of nitro groups is 1. The number of ether oxygens (including phenoxy) is 1. The van der Waals surface area contributed by atoms with E-state index >= 15 is 0 Å². The highest BCUT2D eigenvalue weighted by Crippen LogP contribution is 2.27. The van der Waals surface area contributed by atoms with Gasteiger partial charge in [0.1, 0.15) is 5.75 Å². The Bertz CT molecular complexity index is 1370. The highest BCUT2D eigenvalue weighted by molar-refractivity contribution is 6.04. The standard InChI is InChI=1S/C25H17N3O5/c29-24(18-10-13-20(14-11-18)28(31)32)27-26-16-22-21-9-5-4-6-17(21)12-15-23(22)33-25(30)19-7-2-1-3-8-19/h1-16H,(H,27,29)/b26-16-. The molecule has 8 nitrogen and oxygen atoms in total. The van der Waals surface area contributed by atoms with Crippen LogP contribution >= 0.6 is 0 Å². The Morgan fingerprint density at radius 3 is 2.27 bits per heavy atom. The van der Waals surface area contributed by atoms with Gasteiger partial charge in [0.15, 0.2) is 0 Å². The number of hydrogen-bond donors (Lipinski definition) is 1. The van der Waals surface area contributed by atoms with E-state index in [0.717, 1.165) is 10.8 Å². The summed E-state index contributed by atoms with van der Waals surface area (Å²) in [7, 11) is 0. The van der Waals surface area contributed by atoms with Gasteiger partial charge in [-0.25, -0.2) is 10.2 Å². The molecule has 0 heterocycles. The summed E-state index contributed by atoms with van der Waals surface area (Å²) in [5.74, 6) is -0.768. The Morgan fingerprint density at radius 2 is 1.55 bits per heavy atom. The lowest BCUT2D eigenvalue weighted by Crippen LogP contribution is -2.17. The first-order valence-electron chi connectivity index (χ1n) is 9.90. The number of hydrogen-bond acceptors (Lipinski definition) is 6. The van der Waals surface area contributed by atoms with Gasteiger partial charge in [-0.05, 0) is 41.1 Å². The lowest BCUT2D eigenvalue weighted by atomic mass is 10.0. The summed E-state index contributed by atoms with van der Waals surface area (Å²) in [5.41, 5.74) is 3.41. The van der Waals surface area contributed by atoms with Crippen LogP contribution in [0.3, 0.4) is 0 Å². The monoisotopic (exact) mass is 439 g/mol. The number of nitrogens with zero attached hydrogens (tertiary/aromatic N) is 2. The van der Waals surface area contributed by atoms with Crippen LogP contribution in [0, 0.1) is 10.1 Å². The van der Waals surface area contributed by atoms with Crippen molar-refractivity contribution < 1.29 is 19.2 Å². The Balaban J connectivity index is 1.59. The van der Waals surface area contributed by atoms with Crippen molar-refractivity contribution >= 4 is 34.6 Å². The van der Waals surface area contributed by atoms with Gasteiger partial charge in [0.05, 0.1) is 16.7 Å². The predicted octanol–water partition coefficient (Wildman–Crippen LogP) is 4.73. The molecule has 0 saturated heterocycles. The molecule has 0 saturated carbocycles. The van der Waals surface area contributed by atoms with Crippen LogP contribution in [-0.2, 0) is 0 Å². The summed E-state index contributed by atoms with van der Waals surface area (Å²) in [4.78, 5) is 35.1. The van der Waals surface area contributed by atoms with Gasteiger partial charge in [0.25, 0.3) is 11.6 Å². The number of rotatable bonds is 6. The number of carbonyl (C=O) groups excluding carboxylic acids is 2. The molecule has 0 fully saturated rings. The Labute approximate surface area is 188 Å². The van der Waals surface area contributed by atoms with Crippen molar-refractivity contribution in [1.82, 2.24) is 5.43 Å². The van der Waals surface area contributed by atoms with Gasteiger partial charge in [-0.1, -0.05) is 48.5 Å². The number of non-ortho nitro benzene ring substituents is 1. The second kappa shape index (κ2) is 9.52. The van der Waals surface area contributed by atoms with Crippen molar-refractivity contribution in [3.05, 3.63) is 118 Å². The molecule has 8 heteroatoms. The van der Waals surface area contributed by atoms with Gasteiger partial charge in [-0.15, -0.1) is 0 Å². The fourth-order valence-corrected chi connectivity index (χ4v) is 3.19. The number of carbonyl (C=O) groups is 2. The van der Waals surface area contributed by atoms with Crippen LogP contribution in [0.1, 0.15) is 26.3 Å². The minimum atomic E-state index is -0.543. The molecule has 4 rings (SSSR count). The quantitative estimate of drug-likeness (QED) is 0.153. The zero-order chi connectivity index (χ0) is 23.2. The van der Waals surface area contributed by atoms with Gasteiger partial charge in [-0.2, -0.15) is 5.10 Å². The summed E-state index contributed by atoms with van der Waals surface area (Å²) in [6.45, 7) is 0. The second-order valence-electron chi connectivity index (χ2n) is 6.96. The molecule has 1 amide bonds. The van der Waals surface area contributed by atoms with Crippen LogP contribution in [0.15, 0.2) is 96.1 Å². The molecule has 0 aliphatic heterocycles. The molecular formula is C25H17N3O5. The van der Waals surface area contributed by atoms with E-state index in [1.165, 1.54) is 30.5 Å². The van der Waals surface area contributed by atoms with E-state index in [4.69, 9.17) is 4.74 Å². The Morgan fingerprint density at radius 1 is 0.848 bits per heavy atom. The first-order chi connectivity index (χ1) is 16.0. The van der Waals surface area contributed by atoms with Crippen LogP contribution in [0.4, 0.5) is 5.69 Å². The number of fused-ring (bicyclic) bond motifs is 1. The highest BCUT2D eigenvalue weighted by atomic mass is 16.6. The zero-order valence-corrected chi connectivity index (χ0v) is 17.2. The van der Waals surface area contributed by atoms with Gasteiger partial charge in [0, 0.05) is 23.3 Å². The van der Waals surface area contributed by atoms with Crippen molar-refractivity contribution in [3.8, 4) is 5.75 Å². The van der Waals surface area contributed by atoms with E-state index in [9.17, 15) is 19.7 Å². The highest BCUT2D eigenvalue weighted by Gasteiger charge is 2.14. The number of nitrogens with one attached hydrogen (secondary N) is 1. The van der Waals surface area contributed by atoms with Crippen LogP contribution in [-0.4, -0.2) is 23.0 Å². The average molecular weight is 439 g/mol. The van der Waals surface area contributed by atoms with E-state index in [-0.39, 0.29) is 17.0 Å². The van der Waals surface area contributed by atoms with Crippen LogP contribution in [0.25, 0.3) is 10.8 Å². The molecule has 0 unspecified atom stereocenters. The van der Waals surface area contributed by atoms with Gasteiger partial charge < -0.3 is 4.74 Å². The maximum atomic E-state index is 12.6.